The maximum Gasteiger partial charge on any atom is 0.332 e. The van der Waals surface area contributed by atoms with Crippen molar-refractivity contribution in [1.29, 1.82) is 0 Å². The van der Waals surface area contributed by atoms with Gasteiger partial charge in [-0.1, -0.05) is 23.7 Å². The first-order valence-corrected chi connectivity index (χ1v) is 5.86. The number of hydrogen-bond donors (Lipinski definition) is 2. The molecule has 1 amide bonds. The first-order valence-electron chi connectivity index (χ1n) is 5.49. The highest BCUT2D eigenvalue weighted by Crippen LogP contribution is 2.10. The van der Waals surface area contributed by atoms with Gasteiger partial charge in [0.05, 0.1) is 6.61 Å². The lowest BCUT2D eigenvalue weighted by molar-refractivity contribution is -0.148. The van der Waals surface area contributed by atoms with E-state index in [1.54, 1.807) is 25.1 Å². The number of ether oxygens (including phenoxy) is 1. The number of nitrogens with two attached hydrogens (primary N) is 1. The molecule has 1 atom stereocenters. The van der Waals surface area contributed by atoms with Gasteiger partial charge in [0.1, 0.15) is 0 Å². The highest BCUT2D eigenvalue weighted by atomic mass is 35.5. The molecule has 0 aliphatic carbocycles. The zero-order valence-electron chi connectivity index (χ0n) is 9.98. The molecule has 1 aromatic carbocycles. The fourth-order valence-corrected chi connectivity index (χ4v) is 1.50. The lowest BCUT2D eigenvalue weighted by Crippen LogP contribution is -2.46. The topological polar surface area (TPSA) is 81.4 Å². The van der Waals surface area contributed by atoms with Crippen LogP contribution in [0, 0.1) is 0 Å². The van der Waals surface area contributed by atoms with E-state index in [4.69, 9.17) is 17.3 Å². The summed E-state index contributed by atoms with van der Waals surface area (Å²) in [5, 5.41) is 3.12. The van der Waals surface area contributed by atoms with E-state index >= 15 is 0 Å². The fraction of sp³-hybridized carbons (Fsp3) is 0.333. The highest BCUT2D eigenvalue weighted by molar-refractivity contribution is 6.30. The number of nitrogens with one attached hydrogen (secondary N) is 1. The molecule has 0 spiro atoms. The minimum Gasteiger partial charge on any atom is -0.464 e. The number of benzene rings is 1. The van der Waals surface area contributed by atoms with E-state index < -0.39 is 17.9 Å². The van der Waals surface area contributed by atoms with Gasteiger partial charge >= 0.3 is 5.97 Å². The standard InChI is InChI=1S/C12H15ClN2O3/c1-2-18-12(17)10(14)11(16)15-7-8-4-3-5-9(13)6-8/h3-6,10H,2,7,14H2,1H3,(H,15,16). The summed E-state index contributed by atoms with van der Waals surface area (Å²) in [6.07, 6.45) is 0. The van der Waals surface area contributed by atoms with Crippen LogP contribution in [0.5, 0.6) is 0 Å². The Morgan fingerprint density at radius 3 is 2.83 bits per heavy atom. The average Bonchev–Trinajstić information content (AvgIpc) is 2.35. The molecule has 0 saturated carbocycles. The molecule has 5 nitrogen and oxygen atoms in total. The number of carbonyl (C=O) groups is 2. The third-order valence-electron chi connectivity index (χ3n) is 2.18. The second-order valence-corrected chi connectivity index (χ2v) is 4.01. The van der Waals surface area contributed by atoms with Crippen LogP contribution in [0.15, 0.2) is 24.3 Å². The van der Waals surface area contributed by atoms with Crippen LogP contribution in [-0.2, 0) is 20.9 Å². The lowest BCUT2D eigenvalue weighted by atomic mass is 10.2. The Bertz CT molecular complexity index is 437. The minimum atomic E-state index is -1.30. The van der Waals surface area contributed by atoms with E-state index in [0.29, 0.717) is 5.02 Å². The molecule has 0 aliphatic rings. The zero-order chi connectivity index (χ0) is 13.5. The molecule has 6 heteroatoms. The van der Waals surface area contributed by atoms with Crippen molar-refractivity contribution in [2.75, 3.05) is 6.61 Å². The van der Waals surface area contributed by atoms with E-state index in [1.165, 1.54) is 0 Å². The number of amides is 1. The van der Waals surface area contributed by atoms with Gasteiger partial charge in [0, 0.05) is 11.6 Å². The third kappa shape index (κ3) is 4.35. The van der Waals surface area contributed by atoms with Gasteiger partial charge < -0.3 is 15.8 Å². The van der Waals surface area contributed by atoms with Crippen LogP contribution in [0.2, 0.25) is 5.02 Å². The van der Waals surface area contributed by atoms with Crippen LogP contribution in [0.3, 0.4) is 0 Å². The van der Waals surface area contributed by atoms with Crippen LogP contribution in [0.1, 0.15) is 12.5 Å². The van der Waals surface area contributed by atoms with Crippen molar-refractivity contribution in [3.05, 3.63) is 34.9 Å². The number of hydrogen-bond acceptors (Lipinski definition) is 4. The van der Waals surface area contributed by atoms with E-state index in [0.717, 1.165) is 5.56 Å². The molecule has 0 aliphatic heterocycles. The molecular formula is C12H15ClN2O3. The Balaban J connectivity index is 2.48. The van der Waals surface area contributed by atoms with Crippen molar-refractivity contribution in [3.8, 4) is 0 Å². The van der Waals surface area contributed by atoms with E-state index in [9.17, 15) is 9.59 Å². The first kappa shape index (κ1) is 14.5. The summed E-state index contributed by atoms with van der Waals surface area (Å²) in [6.45, 7) is 2.09. The van der Waals surface area contributed by atoms with Crippen molar-refractivity contribution in [2.45, 2.75) is 19.5 Å². The van der Waals surface area contributed by atoms with E-state index in [2.05, 4.69) is 10.1 Å². The molecule has 3 N–H and O–H groups in total. The number of esters is 1. The molecule has 1 rings (SSSR count). The predicted octanol–water partition coefficient (Wildman–Crippen LogP) is 0.847. The Labute approximate surface area is 110 Å². The summed E-state index contributed by atoms with van der Waals surface area (Å²) in [4.78, 5) is 22.8. The van der Waals surface area contributed by atoms with E-state index in [-0.39, 0.29) is 13.2 Å². The van der Waals surface area contributed by atoms with Gasteiger partial charge in [-0.25, -0.2) is 4.79 Å². The normalized spacial score (nSPS) is 11.7. The van der Waals surface area contributed by atoms with Crippen molar-refractivity contribution < 1.29 is 14.3 Å². The molecule has 0 fully saturated rings. The number of rotatable bonds is 5. The van der Waals surface area contributed by atoms with Gasteiger partial charge in [0.2, 0.25) is 5.91 Å². The second kappa shape index (κ2) is 6.98. The summed E-state index contributed by atoms with van der Waals surface area (Å²) < 4.78 is 4.65. The summed E-state index contributed by atoms with van der Waals surface area (Å²) in [5.74, 6) is -1.31. The maximum absolute atomic E-state index is 11.5. The Morgan fingerprint density at radius 1 is 1.50 bits per heavy atom. The molecule has 0 bridgehead atoms. The molecule has 0 heterocycles. The molecule has 1 unspecified atom stereocenters. The molecule has 0 saturated heterocycles. The van der Waals surface area contributed by atoms with E-state index in [1.807, 2.05) is 6.07 Å². The lowest BCUT2D eigenvalue weighted by Gasteiger charge is -2.11. The van der Waals surface area contributed by atoms with Crippen LogP contribution >= 0.6 is 11.6 Å². The highest BCUT2D eigenvalue weighted by Gasteiger charge is 2.22. The average molecular weight is 271 g/mol. The van der Waals surface area contributed by atoms with Crippen LogP contribution in [-0.4, -0.2) is 24.5 Å². The molecule has 1 aromatic rings. The van der Waals surface area contributed by atoms with Crippen molar-refractivity contribution in [1.82, 2.24) is 5.32 Å². The zero-order valence-corrected chi connectivity index (χ0v) is 10.7. The predicted molar refractivity (Wildman–Crippen MR) is 67.9 cm³/mol. The van der Waals surface area contributed by atoms with Crippen molar-refractivity contribution in [2.24, 2.45) is 5.73 Å². The van der Waals surface area contributed by atoms with Crippen LogP contribution in [0.4, 0.5) is 0 Å². The maximum atomic E-state index is 11.5. The van der Waals surface area contributed by atoms with Crippen LogP contribution in [0.25, 0.3) is 0 Å². The fourth-order valence-electron chi connectivity index (χ4n) is 1.29. The SMILES string of the molecule is CCOC(=O)C(N)C(=O)NCc1cccc(Cl)c1. The van der Waals surface area contributed by atoms with Gasteiger partial charge in [0.15, 0.2) is 6.04 Å². The number of carbonyl (C=O) groups excluding carboxylic acids is 2. The quantitative estimate of drug-likeness (QED) is 0.614. The number of halogens is 1. The smallest absolute Gasteiger partial charge is 0.332 e. The molecule has 18 heavy (non-hydrogen) atoms. The van der Waals surface area contributed by atoms with Gasteiger partial charge in [0.25, 0.3) is 0 Å². The Morgan fingerprint density at radius 2 is 2.22 bits per heavy atom. The van der Waals surface area contributed by atoms with Crippen LogP contribution < -0.4 is 11.1 Å². The van der Waals surface area contributed by atoms with Gasteiger partial charge in [-0.05, 0) is 24.6 Å². The summed E-state index contributed by atoms with van der Waals surface area (Å²) in [6, 6.07) is 5.73. The van der Waals surface area contributed by atoms with Crippen molar-refractivity contribution >= 4 is 23.5 Å². The molecule has 0 radical (unpaired) electrons. The monoisotopic (exact) mass is 270 g/mol. The van der Waals surface area contributed by atoms with Gasteiger partial charge in [-0.15, -0.1) is 0 Å². The Hall–Kier alpha value is -1.59. The summed E-state index contributed by atoms with van der Waals surface area (Å²) in [5.41, 5.74) is 6.25. The molecule has 98 valence electrons. The Kier molecular flexibility index (Phi) is 5.61. The second-order valence-electron chi connectivity index (χ2n) is 3.58. The summed E-state index contributed by atoms with van der Waals surface area (Å²) >= 11 is 5.80. The molecular weight excluding hydrogens is 256 g/mol. The summed E-state index contributed by atoms with van der Waals surface area (Å²) in [7, 11) is 0. The molecule has 0 aromatic heterocycles. The first-order chi connectivity index (χ1) is 8.54. The largest absolute Gasteiger partial charge is 0.464 e. The van der Waals surface area contributed by atoms with Gasteiger partial charge in [-0.3, -0.25) is 4.79 Å². The third-order valence-corrected chi connectivity index (χ3v) is 2.41. The minimum absolute atomic E-state index is 0.189. The van der Waals surface area contributed by atoms with Crippen molar-refractivity contribution in [3.63, 3.8) is 0 Å². The van der Waals surface area contributed by atoms with Gasteiger partial charge in [-0.2, -0.15) is 0 Å².